The van der Waals surface area contributed by atoms with Gasteiger partial charge in [0.25, 0.3) is 0 Å². The molecule has 4 unspecified atom stereocenters. The van der Waals surface area contributed by atoms with Gasteiger partial charge in [0.15, 0.2) is 6.17 Å². The molecule has 0 saturated heterocycles. The minimum Gasteiger partial charge on any atom is -0.317 e. The highest BCUT2D eigenvalue weighted by molar-refractivity contribution is 4.95. The lowest BCUT2D eigenvalue weighted by molar-refractivity contribution is -0.323. The summed E-state index contributed by atoms with van der Waals surface area (Å²) in [6.45, 7) is 2.13. The summed E-state index contributed by atoms with van der Waals surface area (Å²) >= 11 is 0. The smallest absolute Gasteiger partial charge is 0.317 e. The summed E-state index contributed by atoms with van der Waals surface area (Å²) in [6.07, 6.45) is -15.1. The van der Waals surface area contributed by atoms with E-state index in [1.165, 1.54) is 0 Å². The number of halogens is 7. The van der Waals surface area contributed by atoms with Gasteiger partial charge in [-0.05, 0) is 43.4 Å². The van der Waals surface area contributed by atoms with Crippen LogP contribution in [-0.2, 0) is 4.74 Å². The lowest BCUT2D eigenvalue weighted by Crippen LogP contribution is -2.52. The van der Waals surface area contributed by atoms with Crippen LogP contribution in [0.4, 0.5) is 30.7 Å². The zero-order chi connectivity index (χ0) is 20.6. The van der Waals surface area contributed by atoms with Gasteiger partial charge in [0, 0.05) is 12.8 Å². The SMILES string of the molecule is CC1CCC(C2CC(F)C(C(F)(F)OC3CC(F)C(F)C(F)C3)C(F)C2)CC1. The van der Waals surface area contributed by atoms with Crippen LogP contribution in [0, 0.1) is 23.7 Å². The Kier molecular flexibility index (Phi) is 6.87. The highest BCUT2D eigenvalue weighted by atomic mass is 19.3. The van der Waals surface area contributed by atoms with Gasteiger partial charge in [0.05, 0.1) is 6.10 Å². The van der Waals surface area contributed by atoms with E-state index in [2.05, 4.69) is 11.7 Å². The van der Waals surface area contributed by atoms with Gasteiger partial charge in [-0.3, -0.25) is 0 Å². The first kappa shape index (κ1) is 22.2. The molecule has 0 aliphatic heterocycles. The molecule has 3 saturated carbocycles. The molecule has 4 atom stereocenters. The molecule has 3 aliphatic carbocycles. The van der Waals surface area contributed by atoms with Gasteiger partial charge in [-0.15, -0.1) is 0 Å². The van der Waals surface area contributed by atoms with Crippen LogP contribution in [0.5, 0.6) is 0 Å². The van der Waals surface area contributed by atoms with Crippen LogP contribution in [0.1, 0.15) is 58.3 Å². The fourth-order valence-corrected chi connectivity index (χ4v) is 5.24. The molecule has 0 spiro atoms. The molecular weight excluding hydrogens is 389 g/mol. The third-order valence-corrected chi connectivity index (χ3v) is 6.94. The van der Waals surface area contributed by atoms with E-state index in [0.717, 1.165) is 25.7 Å². The Balaban J connectivity index is 1.61. The van der Waals surface area contributed by atoms with Gasteiger partial charge in [-0.2, -0.15) is 8.78 Å². The van der Waals surface area contributed by atoms with Crippen molar-refractivity contribution in [1.82, 2.24) is 0 Å². The molecule has 0 aromatic carbocycles. The van der Waals surface area contributed by atoms with Crippen LogP contribution in [0.3, 0.4) is 0 Å². The van der Waals surface area contributed by atoms with Crippen LogP contribution in [0.15, 0.2) is 0 Å². The molecule has 0 amide bonds. The van der Waals surface area contributed by atoms with Gasteiger partial charge < -0.3 is 4.74 Å². The van der Waals surface area contributed by atoms with Gasteiger partial charge in [0.1, 0.15) is 30.6 Å². The summed E-state index contributed by atoms with van der Waals surface area (Å²) in [5.41, 5.74) is 0. The van der Waals surface area contributed by atoms with E-state index in [4.69, 9.17) is 0 Å². The topological polar surface area (TPSA) is 9.23 Å². The summed E-state index contributed by atoms with van der Waals surface area (Å²) in [5, 5.41) is 0. The molecule has 0 bridgehead atoms. The number of rotatable bonds is 4. The van der Waals surface area contributed by atoms with Crippen molar-refractivity contribution in [1.29, 1.82) is 0 Å². The Bertz CT molecular complexity index is 487. The van der Waals surface area contributed by atoms with Crippen molar-refractivity contribution in [3.8, 4) is 0 Å². The Labute approximate surface area is 161 Å². The Hall–Kier alpha value is -0.530. The molecule has 1 nitrogen and oxygen atoms in total. The quantitative estimate of drug-likeness (QED) is 0.487. The maximum absolute atomic E-state index is 14.6. The molecule has 0 N–H and O–H groups in total. The first-order chi connectivity index (χ1) is 13.1. The molecule has 3 aliphatic rings. The number of alkyl halides is 7. The fourth-order valence-electron chi connectivity index (χ4n) is 5.24. The Morgan fingerprint density at radius 3 is 1.68 bits per heavy atom. The molecule has 3 fully saturated rings. The summed E-state index contributed by atoms with van der Waals surface area (Å²) < 4.78 is 103. The fraction of sp³-hybridized carbons (Fsp3) is 1.00. The van der Waals surface area contributed by atoms with Crippen LogP contribution < -0.4 is 0 Å². The molecule has 3 rings (SSSR count). The van der Waals surface area contributed by atoms with E-state index in [1.807, 2.05) is 0 Å². The Morgan fingerprint density at radius 1 is 0.679 bits per heavy atom. The van der Waals surface area contributed by atoms with Crippen molar-refractivity contribution in [3.63, 3.8) is 0 Å². The second kappa shape index (κ2) is 8.68. The number of hydrogen-bond acceptors (Lipinski definition) is 1. The van der Waals surface area contributed by atoms with Gasteiger partial charge in [0.2, 0.25) is 0 Å². The van der Waals surface area contributed by atoms with Crippen molar-refractivity contribution in [3.05, 3.63) is 0 Å². The molecule has 0 heterocycles. The average molecular weight is 418 g/mol. The zero-order valence-electron chi connectivity index (χ0n) is 16.0. The van der Waals surface area contributed by atoms with E-state index in [0.29, 0.717) is 5.92 Å². The standard InChI is InChI=1S/C20H29F7O/c1-10-2-4-11(5-3-10)12-6-14(21)18(15(22)7-12)20(26,27)28-13-8-16(23)19(25)17(24)9-13/h10-19H,2-9H2,1H3. The summed E-state index contributed by atoms with van der Waals surface area (Å²) in [5.74, 6) is -1.86. The van der Waals surface area contributed by atoms with Gasteiger partial charge in [-0.25, -0.2) is 22.0 Å². The van der Waals surface area contributed by atoms with Crippen molar-refractivity contribution in [2.75, 3.05) is 0 Å². The average Bonchev–Trinajstić information content (AvgIpc) is 2.59. The van der Waals surface area contributed by atoms with Gasteiger partial charge >= 0.3 is 6.11 Å². The highest BCUT2D eigenvalue weighted by Crippen LogP contribution is 2.48. The molecular formula is C20H29F7O. The lowest BCUT2D eigenvalue weighted by Gasteiger charge is -2.43. The third-order valence-electron chi connectivity index (χ3n) is 6.94. The van der Waals surface area contributed by atoms with E-state index < -0.39 is 61.8 Å². The van der Waals surface area contributed by atoms with E-state index in [-0.39, 0.29) is 24.7 Å². The zero-order valence-corrected chi connectivity index (χ0v) is 16.0. The van der Waals surface area contributed by atoms with Crippen LogP contribution >= 0.6 is 0 Å². The number of ether oxygens (including phenoxy) is 1. The molecule has 164 valence electrons. The summed E-state index contributed by atoms with van der Waals surface area (Å²) in [4.78, 5) is 0. The summed E-state index contributed by atoms with van der Waals surface area (Å²) in [7, 11) is 0. The minimum atomic E-state index is -4.20. The van der Waals surface area contributed by atoms with Crippen molar-refractivity contribution >= 4 is 0 Å². The summed E-state index contributed by atoms with van der Waals surface area (Å²) in [6, 6.07) is 0. The van der Waals surface area contributed by atoms with Crippen LogP contribution in [0.2, 0.25) is 0 Å². The molecule has 0 aromatic rings. The van der Waals surface area contributed by atoms with E-state index >= 15 is 0 Å². The van der Waals surface area contributed by atoms with Crippen molar-refractivity contribution in [2.24, 2.45) is 23.7 Å². The maximum atomic E-state index is 14.6. The second-order valence-electron chi connectivity index (χ2n) is 9.06. The normalized spacial score (nSPS) is 48.4. The number of hydrogen-bond donors (Lipinski definition) is 0. The first-order valence-electron chi connectivity index (χ1n) is 10.3. The van der Waals surface area contributed by atoms with Crippen LogP contribution in [0.25, 0.3) is 0 Å². The lowest BCUT2D eigenvalue weighted by atomic mass is 9.68. The van der Waals surface area contributed by atoms with Crippen molar-refractivity contribution in [2.45, 2.75) is 101 Å². The first-order valence-corrected chi connectivity index (χ1v) is 10.3. The molecule has 0 aromatic heterocycles. The predicted octanol–water partition coefficient (Wildman–Crippen LogP) is 6.30. The molecule has 28 heavy (non-hydrogen) atoms. The Morgan fingerprint density at radius 2 is 1.18 bits per heavy atom. The molecule has 8 heteroatoms. The molecule has 0 radical (unpaired) electrons. The van der Waals surface area contributed by atoms with E-state index in [1.54, 1.807) is 0 Å². The van der Waals surface area contributed by atoms with Crippen molar-refractivity contribution < 1.29 is 35.5 Å². The predicted molar refractivity (Wildman–Crippen MR) is 90.9 cm³/mol. The highest BCUT2D eigenvalue weighted by Gasteiger charge is 2.56. The third kappa shape index (κ3) is 4.78. The van der Waals surface area contributed by atoms with Crippen LogP contribution in [-0.4, -0.2) is 43.1 Å². The largest absolute Gasteiger partial charge is 0.364 e. The maximum Gasteiger partial charge on any atom is 0.364 e. The minimum absolute atomic E-state index is 0.141. The van der Waals surface area contributed by atoms with Gasteiger partial charge in [-0.1, -0.05) is 19.8 Å². The monoisotopic (exact) mass is 418 g/mol. The van der Waals surface area contributed by atoms with E-state index in [9.17, 15) is 30.7 Å². The second-order valence-corrected chi connectivity index (χ2v) is 9.06.